The van der Waals surface area contributed by atoms with Gasteiger partial charge in [-0.25, -0.2) is 4.79 Å². The lowest BCUT2D eigenvalue weighted by Crippen LogP contribution is -2.58. The number of carbonyl (C=O) groups excluding carboxylic acids is 4. The number of rotatable bonds is 16. The number of benzene rings is 1. The highest BCUT2D eigenvalue weighted by Crippen LogP contribution is 2.12. The van der Waals surface area contributed by atoms with Crippen LogP contribution in [0.5, 0.6) is 5.75 Å². The van der Waals surface area contributed by atoms with Crippen molar-refractivity contribution < 1.29 is 39.3 Å². The van der Waals surface area contributed by atoms with E-state index in [0.717, 1.165) is 0 Å². The number of carbonyl (C=O) groups is 5. The van der Waals surface area contributed by atoms with E-state index in [1.165, 1.54) is 24.3 Å². The molecule has 0 aliphatic carbocycles. The van der Waals surface area contributed by atoms with Crippen LogP contribution in [0.3, 0.4) is 0 Å². The van der Waals surface area contributed by atoms with Crippen LogP contribution >= 0.6 is 0 Å². The first kappa shape index (κ1) is 31.6. The highest BCUT2D eigenvalue weighted by Gasteiger charge is 2.30. The summed E-state index contributed by atoms with van der Waals surface area (Å²) in [5.41, 5.74) is 21.9. The fourth-order valence-corrected chi connectivity index (χ4v) is 3.15. The van der Waals surface area contributed by atoms with Crippen LogP contribution in [0.2, 0.25) is 0 Å². The summed E-state index contributed by atoms with van der Waals surface area (Å²) in [6, 6.07) is 0.148. The minimum Gasteiger partial charge on any atom is -0.508 e. The van der Waals surface area contributed by atoms with Gasteiger partial charge < -0.3 is 54.2 Å². The van der Waals surface area contributed by atoms with Crippen LogP contribution in [-0.2, 0) is 30.4 Å². The lowest BCUT2D eigenvalue weighted by Gasteiger charge is -2.24. The fourth-order valence-electron chi connectivity index (χ4n) is 3.15. The number of nitrogens with two attached hydrogens (primary N) is 4. The molecule has 4 amide bonds. The molecule has 1 rings (SSSR count). The zero-order valence-electron chi connectivity index (χ0n) is 20.5. The van der Waals surface area contributed by atoms with E-state index in [0.29, 0.717) is 12.0 Å². The van der Waals surface area contributed by atoms with Gasteiger partial charge in [0.1, 0.15) is 23.9 Å². The fraction of sp³-hybridized carbons (Fsp3) is 0.455. The van der Waals surface area contributed by atoms with Gasteiger partial charge in [-0.15, -0.1) is 0 Å². The number of phenolic OH excluding ortho intramolecular Hbond substituents is 1. The maximum Gasteiger partial charge on any atom is 0.326 e. The molecule has 0 saturated heterocycles. The largest absolute Gasteiger partial charge is 0.508 e. The molecule has 0 fully saturated rings. The molecule has 1 aromatic rings. The first-order valence-corrected chi connectivity index (χ1v) is 11.5. The van der Waals surface area contributed by atoms with Crippen molar-refractivity contribution in [1.82, 2.24) is 16.0 Å². The number of nitrogens with one attached hydrogen (secondary N) is 3. The summed E-state index contributed by atoms with van der Waals surface area (Å²) in [7, 11) is 0. The molecular weight excluding hydrogens is 504 g/mol. The Hall–Kier alpha value is -4.44. The maximum absolute atomic E-state index is 13.0. The first-order valence-electron chi connectivity index (χ1n) is 11.5. The van der Waals surface area contributed by atoms with E-state index in [1.807, 2.05) is 5.32 Å². The second kappa shape index (κ2) is 15.6. The number of aliphatic imine (C=N–C) groups is 1. The van der Waals surface area contributed by atoms with Crippen molar-refractivity contribution in [2.75, 3.05) is 13.2 Å². The molecule has 14 N–H and O–H groups in total. The molecule has 0 spiro atoms. The number of amides is 4. The summed E-state index contributed by atoms with van der Waals surface area (Å²) in [6.45, 7) is -0.689. The van der Waals surface area contributed by atoms with Crippen molar-refractivity contribution in [2.24, 2.45) is 27.9 Å². The van der Waals surface area contributed by atoms with Gasteiger partial charge in [-0.1, -0.05) is 12.1 Å². The van der Waals surface area contributed by atoms with Crippen molar-refractivity contribution in [3.8, 4) is 5.75 Å². The molecular formula is C22H34N8O8. The van der Waals surface area contributed by atoms with Crippen molar-refractivity contribution in [3.05, 3.63) is 29.8 Å². The molecule has 0 radical (unpaired) electrons. The van der Waals surface area contributed by atoms with Crippen LogP contribution in [0.4, 0.5) is 0 Å². The van der Waals surface area contributed by atoms with Gasteiger partial charge in [0.05, 0.1) is 19.1 Å². The molecule has 0 aromatic heterocycles. The molecule has 38 heavy (non-hydrogen) atoms. The predicted molar refractivity (Wildman–Crippen MR) is 134 cm³/mol. The van der Waals surface area contributed by atoms with Crippen LogP contribution in [0, 0.1) is 0 Å². The van der Waals surface area contributed by atoms with Crippen molar-refractivity contribution in [1.29, 1.82) is 0 Å². The summed E-state index contributed by atoms with van der Waals surface area (Å²) in [5.74, 6) is -5.36. The van der Waals surface area contributed by atoms with Gasteiger partial charge in [-0.3, -0.25) is 24.2 Å². The van der Waals surface area contributed by atoms with Crippen LogP contribution < -0.4 is 38.9 Å². The normalized spacial score (nSPS) is 13.7. The highest BCUT2D eigenvalue weighted by molar-refractivity contribution is 5.95. The second-order valence-corrected chi connectivity index (χ2v) is 8.30. The van der Waals surface area contributed by atoms with Gasteiger partial charge in [0.25, 0.3) is 0 Å². The van der Waals surface area contributed by atoms with E-state index in [1.54, 1.807) is 0 Å². The van der Waals surface area contributed by atoms with Crippen molar-refractivity contribution in [2.45, 2.75) is 49.9 Å². The first-order chi connectivity index (χ1) is 17.8. The Morgan fingerprint density at radius 1 is 0.868 bits per heavy atom. The van der Waals surface area contributed by atoms with Crippen LogP contribution in [0.1, 0.15) is 24.8 Å². The monoisotopic (exact) mass is 538 g/mol. The number of phenols is 1. The number of nitrogens with zero attached hydrogens (tertiary/aromatic N) is 1. The van der Waals surface area contributed by atoms with Gasteiger partial charge >= 0.3 is 5.97 Å². The number of aromatic hydroxyl groups is 1. The number of aliphatic hydroxyl groups excluding tert-OH is 1. The Kier molecular flexibility index (Phi) is 13.0. The zero-order chi connectivity index (χ0) is 28.8. The van der Waals surface area contributed by atoms with E-state index < -0.39 is 66.8 Å². The van der Waals surface area contributed by atoms with E-state index in [2.05, 4.69) is 15.6 Å². The summed E-state index contributed by atoms with van der Waals surface area (Å²) < 4.78 is 0. The van der Waals surface area contributed by atoms with Gasteiger partial charge in [0.15, 0.2) is 5.96 Å². The summed E-state index contributed by atoms with van der Waals surface area (Å²) in [6.07, 6.45) is -0.232. The number of aliphatic carboxylic acids is 1. The molecule has 16 heteroatoms. The van der Waals surface area contributed by atoms with E-state index in [9.17, 15) is 34.2 Å². The minimum atomic E-state index is -1.68. The number of hydrogen-bond donors (Lipinski definition) is 10. The van der Waals surface area contributed by atoms with Crippen molar-refractivity contribution in [3.63, 3.8) is 0 Å². The SMILES string of the molecule is NC(=O)CC(NC(=O)C(CO)NC(=O)C(Cc1ccc(O)cc1)NC(=O)C(N)CCCN=C(N)N)C(=O)O. The number of primary amides is 1. The van der Waals surface area contributed by atoms with Crippen LogP contribution in [0.25, 0.3) is 0 Å². The van der Waals surface area contributed by atoms with E-state index in [4.69, 9.17) is 28.0 Å². The number of guanidine groups is 1. The lowest BCUT2D eigenvalue weighted by atomic mass is 10.0. The summed E-state index contributed by atoms with van der Waals surface area (Å²) in [4.78, 5) is 64.3. The van der Waals surface area contributed by atoms with Crippen LogP contribution in [-0.4, -0.2) is 88.2 Å². The zero-order valence-corrected chi connectivity index (χ0v) is 20.5. The third kappa shape index (κ3) is 11.5. The third-order valence-corrected chi connectivity index (χ3v) is 5.15. The molecule has 4 atom stereocenters. The molecule has 0 saturated carbocycles. The molecule has 16 nitrogen and oxygen atoms in total. The molecule has 1 aromatic carbocycles. The van der Waals surface area contributed by atoms with Gasteiger partial charge in [0.2, 0.25) is 23.6 Å². The van der Waals surface area contributed by atoms with Gasteiger partial charge in [-0.05, 0) is 30.5 Å². The Balaban J connectivity index is 2.99. The standard InChI is InChI=1S/C22H34N8O8/c23-13(2-1-7-27-22(25)26)18(34)28-14(8-11-3-5-12(32)6-4-11)19(35)30-16(10-31)20(36)29-15(21(37)38)9-17(24)33/h3-6,13-16,31-32H,1-2,7-10,23H2,(H2,24,33)(H,28,34)(H,29,36)(H,30,35)(H,37,38)(H4,25,26,27). The molecule has 0 aliphatic rings. The molecule has 0 bridgehead atoms. The summed E-state index contributed by atoms with van der Waals surface area (Å²) >= 11 is 0. The van der Waals surface area contributed by atoms with Crippen LogP contribution in [0.15, 0.2) is 29.3 Å². The topological polar surface area (TPSA) is 299 Å². The Labute approximate surface area is 217 Å². The van der Waals surface area contributed by atoms with Crippen molar-refractivity contribution >= 4 is 35.6 Å². The molecule has 210 valence electrons. The number of hydrogen-bond acceptors (Lipinski definition) is 9. The molecule has 4 unspecified atom stereocenters. The number of aliphatic hydroxyl groups is 1. The number of carboxylic acid groups (broad SMARTS) is 1. The number of carboxylic acids is 1. The Bertz CT molecular complexity index is 1010. The average Bonchev–Trinajstić information content (AvgIpc) is 2.84. The lowest BCUT2D eigenvalue weighted by molar-refractivity contribution is -0.144. The average molecular weight is 539 g/mol. The minimum absolute atomic E-state index is 0.0254. The summed E-state index contributed by atoms with van der Waals surface area (Å²) in [5, 5.41) is 35.0. The highest BCUT2D eigenvalue weighted by atomic mass is 16.4. The van der Waals surface area contributed by atoms with E-state index >= 15 is 0 Å². The van der Waals surface area contributed by atoms with Gasteiger partial charge in [0, 0.05) is 13.0 Å². The maximum atomic E-state index is 13.0. The predicted octanol–water partition coefficient (Wildman–Crippen LogP) is -4.28. The quantitative estimate of drug-likeness (QED) is 0.0545. The third-order valence-electron chi connectivity index (χ3n) is 5.15. The Morgan fingerprint density at radius 3 is 1.95 bits per heavy atom. The second-order valence-electron chi connectivity index (χ2n) is 8.30. The molecule has 0 aliphatic heterocycles. The van der Waals surface area contributed by atoms with Gasteiger partial charge in [-0.2, -0.15) is 0 Å². The molecule has 0 heterocycles. The smallest absolute Gasteiger partial charge is 0.326 e. The van der Waals surface area contributed by atoms with E-state index in [-0.39, 0.29) is 31.1 Å². The Morgan fingerprint density at radius 2 is 1.42 bits per heavy atom.